The highest BCUT2D eigenvalue weighted by Gasteiger charge is 2.44. The van der Waals surface area contributed by atoms with Gasteiger partial charge in [0.1, 0.15) is 0 Å². The molecule has 3 nitrogen and oxygen atoms in total. The van der Waals surface area contributed by atoms with Gasteiger partial charge in [-0.05, 0) is 51.9 Å². The van der Waals surface area contributed by atoms with Crippen LogP contribution in [-0.2, 0) is 14.2 Å². The van der Waals surface area contributed by atoms with Gasteiger partial charge in [0, 0.05) is 25.7 Å². The molecule has 0 aromatic carbocycles. The molecule has 0 amide bonds. The Morgan fingerprint density at radius 3 is 1.61 bits per heavy atom. The van der Waals surface area contributed by atoms with Crippen LogP contribution in [0.4, 0.5) is 0 Å². The monoisotopic (exact) mass is 258 g/mol. The molecule has 0 unspecified atom stereocenters. The van der Waals surface area contributed by atoms with Crippen LogP contribution in [0.1, 0.15) is 60.3 Å². The topological polar surface area (TPSA) is 27.7 Å². The Labute approximate surface area is 112 Å². The van der Waals surface area contributed by atoms with Crippen molar-refractivity contribution in [2.75, 3.05) is 19.8 Å². The second-order valence-electron chi connectivity index (χ2n) is 5.84. The van der Waals surface area contributed by atoms with Crippen molar-refractivity contribution < 1.29 is 14.2 Å². The normalized spacial score (nSPS) is 21.2. The highest BCUT2D eigenvalue weighted by Crippen LogP contribution is 2.44. The minimum Gasteiger partial charge on any atom is -0.328 e. The third-order valence-electron chi connectivity index (χ3n) is 3.88. The van der Waals surface area contributed by atoms with Crippen LogP contribution in [0.25, 0.3) is 0 Å². The Morgan fingerprint density at radius 1 is 0.889 bits per heavy atom. The van der Waals surface area contributed by atoms with Gasteiger partial charge >= 0.3 is 0 Å². The second kappa shape index (κ2) is 6.88. The van der Waals surface area contributed by atoms with Gasteiger partial charge in [-0.1, -0.05) is 13.8 Å². The van der Waals surface area contributed by atoms with Crippen molar-refractivity contribution in [3.63, 3.8) is 0 Å². The summed E-state index contributed by atoms with van der Waals surface area (Å²) in [6, 6.07) is 0. The Balaban J connectivity index is 2.75. The Kier molecular flexibility index (Phi) is 6.09. The first-order chi connectivity index (χ1) is 8.49. The predicted molar refractivity (Wildman–Crippen MR) is 73.3 cm³/mol. The molecule has 0 saturated heterocycles. The smallest absolute Gasteiger partial charge is 0.285 e. The zero-order valence-electron chi connectivity index (χ0n) is 12.8. The van der Waals surface area contributed by atoms with E-state index in [1.54, 1.807) is 0 Å². The van der Waals surface area contributed by atoms with E-state index in [1.807, 2.05) is 20.8 Å². The zero-order chi connectivity index (χ0) is 13.6. The van der Waals surface area contributed by atoms with Gasteiger partial charge < -0.3 is 14.2 Å². The van der Waals surface area contributed by atoms with E-state index >= 15 is 0 Å². The third-order valence-corrected chi connectivity index (χ3v) is 3.88. The average molecular weight is 258 g/mol. The van der Waals surface area contributed by atoms with E-state index in [1.165, 1.54) is 12.8 Å². The van der Waals surface area contributed by atoms with Crippen molar-refractivity contribution in [3.05, 3.63) is 0 Å². The van der Waals surface area contributed by atoms with Gasteiger partial charge in [0.15, 0.2) is 0 Å². The lowest BCUT2D eigenvalue weighted by atomic mass is 9.72. The molecule has 0 aromatic heterocycles. The zero-order valence-corrected chi connectivity index (χ0v) is 12.8. The molecule has 0 atom stereocenters. The molecular formula is C15H30O3. The van der Waals surface area contributed by atoms with E-state index in [-0.39, 0.29) is 0 Å². The molecule has 0 aromatic rings. The summed E-state index contributed by atoms with van der Waals surface area (Å²) in [4.78, 5) is 0. The van der Waals surface area contributed by atoms with Crippen molar-refractivity contribution in [1.82, 2.24) is 0 Å². The summed E-state index contributed by atoms with van der Waals surface area (Å²) >= 11 is 0. The van der Waals surface area contributed by atoms with Crippen LogP contribution in [0.3, 0.4) is 0 Å². The van der Waals surface area contributed by atoms with E-state index < -0.39 is 5.97 Å². The highest BCUT2D eigenvalue weighted by atomic mass is 16.9. The van der Waals surface area contributed by atoms with E-state index in [0.717, 1.165) is 12.8 Å². The van der Waals surface area contributed by atoms with Gasteiger partial charge in [0.2, 0.25) is 0 Å². The molecule has 0 bridgehead atoms. The highest BCUT2D eigenvalue weighted by molar-refractivity contribution is 4.83. The van der Waals surface area contributed by atoms with Crippen LogP contribution in [0.5, 0.6) is 0 Å². The summed E-state index contributed by atoms with van der Waals surface area (Å²) in [5.41, 5.74) is 0.451. The standard InChI is InChI=1S/C15H30O3/c1-6-16-15(17-7-2,18-8-3)13-9-11-14(4,5)12-10-13/h13H,6-12H2,1-5H3. The summed E-state index contributed by atoms with van der Waals surface area (Å²) in [7, 11) is 0. The summed E-state index contributed by atoms with van der Waals surface area (Å²) < 4.78 is 17.6. The number of hydrogen-bond donors (Lipinski definition) is 0. The maximum Gasteiger partial charge on any atom is 0.285 e. The van der Waals surface area contributed by atoms with Crippen molar-refractivity contribution in [1.29, 1.82) is 0 Å². The quantitative estimate of drug-likeness (QED) is 0.647. The molecule has 18 heavy (non-hydrogen) atoms. The van der Waals surface area contributed by atoms with Crippen LogP contribution in [0, 0.1) is 11.3 Å². The van der Waals surface area contributed by atoms with Crippen LogP contribution in [-0.4, -0.2) is 25.8 Å². The fourth-order valence-electron chi connectivity index (χ4n) is 2.83. The van der Waals surface area contributed by atoms with Gasteiger partial charge in [0.25, 0.3) is 5.97 Å². The van der Waals surface area contributed by atoms with Crippen LogP contribution < -0.4 is 0 Å². The second-order valence-corrected chi connectivity index (χ2v) is 5.84. The van der Waals surface area contributed by atoms with Gasteiger partial charge in [-0.15, -0.1) is 0 Å². The summed E-state index contributed by atoms with van der Waals surface area (Å²) in [5, 5.41) is 0. The number of hydrogen-bond acceptors (Lipinski definition) is 3. The Bertz CT molecular complexity index is 211. The average Bonchev–Trinajstić information content (AvgIpc) is 2.29. The fourth-order valence-corrected chi connectivity index (χ4v) is 2.83. The van der Waals surface area contributed by atoms with Crippen molar-refractivity contribution in [3.8, 4) is 0 Å². The van der Waals surface area contributed by atoms with Crippen molar-refractivity contribution >= 4 is 0 Å². The van der Waals surface area contributed by atoms with Gasteiger partial charge in [0.05, 0.1) is 0 Å². The summed E-state index contributed by atoms with van der Waals surface area (Å²) in [5.74, 6) is -0.459. The maximum atomic E-state index is 5.87. The Morgan fingerprint density at radius 2 is 1.28 bits per heavy atom. The lowest BCUT2D eigenvalue weighted by Gasteiger charge is -2.44. The molecule has 108 valence electrons. The van der Waals surface area contributed by atoms with Gasteiger partial charge in [-0.2, -0.15) is 0 Å². The van der Waals surface area contributed by atoms with E-state index in [0.29, 0.717) is 31.2 Å². The minimum absolute atomic E-state index is 0.352. The maximum absolute atomic E-state index is 5.87. The van der Waals surface area contributed by atoms with Crippen molar-refractivity contribution in [2.24, 2.45) is 11.3 Å². The molecule has 1 saturated carbocycles. The molecule has 0 aliphatic heterocycles. The molecule has 3 heteroatoms. The third kappa shape index (κ3) is 3.94. The summed E-state index contributed by atoms with van der Waals surface area (Å²) in [6.45, 7) is 12.6. The first kappa shape index (κ1) is 15.9. The van der Waals surface area contributed by atoms with E-state index in [2.05, 4.69) is 13.8 Å². The molecule has 0 radical (unpaired) electrons. The number of rotatable bonds is 7. The van der Waals surface area contributed by atoms with E-state index in [9.17, 15) is 0 Å². The molecule has 0 N–H and O–H groups in total. The first-order valence-electron chi connectivity index (χ1n) is 7.41. The fraction of sp³-hybridized carbons (Fsp3) is 1.00. The predicted octanol–water partition coefficient (Wildman–Crippen LogP) is 3.97. The lowest BCUT2D eigenvalue weighted by molar-refractivity contribution is -0.405. The SMILES string of the molecule is CCOC(OCC)(OCC)C1CCC(C)(C)CC1. The molecule has 1 fully saturated rings. The number of ether oxygens (including phenoxy) is 3. The summed E-state index contributed by atoms with van der Waals surface area (Å²) in [6.07, 6.45) is 4.67. The van der Waals surface area contributed by atoms with Crippen LogP contribution in [0.15, 0.2) is 0 Å². The molecule has 1 aliphatic carbocycles. The van der Waals surface area contributed by atoms with Gasteiger partial charge in [-0.3, -0.25) is 0 Å². The van der Waals surface area contributed by atoms with Gasteiger partial charge in [-0.25, -0.2) is 0 Å². The molecule has 0 heterocycles. The van der Waals surface area contributed by atoms with Crippen LogP contribution in [0.2, 0.25) is 0 Å². The minimum atomic E-state index is -0.811. The van der Waals surface area contributed by atoms with Crippen LogP contribution >= 0.6 is 0 Å². The largest absolute Gasteiger partial charge is 0.328 e. The Hall–Kier alpha value is -0.120. The first-order valence-corrected chi connectivity index (χ1v) is 7.41. The van der Waals surface area contributed by atoms with Crippen molar-refractivity contribution in [2.45, 2.75) is 66.3 Å². The van der Waals surface area contributed by atoms with E-state index in [4.69, 9.17) is 14.2 Å². The lowest BCUT2D eigenvalue weighted by Crippen LogP contribution is -2.48. The molecular weight excluding hydrogens is 228 g/mol. The molecule has 1 aliphatic rings. The molecule has 0 spiro atoms. The molecule has 1 rings (SSSR count).